The second kappa shape index (κ2) is 11.9. The lowest BCUT2D eigenvalue weighted by atomic mass is 9.64. The van der Waals surface area contributed by atoms with E-state index in [4.69, 9.17) is 28.9 Å². The molecule has 40 heavy (non-hydrogen) atoms. The van der Waals surface area contributed by atoms with Gasteiger partial charge in [-0.15, -0.1) is 0 Å². The number of rotatable bonds is 9. The van der Waals surface area contributed by atoms with Crippen molar-refractivity contribution < 1.29 is 9.59 Å². The Hall–Kier alpha value is -4.18. The first kappa shape index (κ1) is 27.4. The average molecular weight is 565 g/mol. The maximum Gasteiger partial charge on any atom is 0.232 e. The highest BCUT2D eigenvalue weighted by Gasteiger charge is 2.47. The fourth-order valence-electron chi connectivity index (χ4n) is 5.35. The molecule has 5 heteroatoms. The van der Waals surface area contributed by atoms with Gasteiger partial charge in [0.15, 0.2) is 5.78 Å². The van der Waals surface area contributed by atoms with Crippen LogP contribution in [0.15, 0.2) is 133 Å². The Morgan fingerprint density at radius 2 is 1.18 bits per heavy atom. The van der Waals surface area contributed by atoms with E-state index in [2.05, 4.69) is 12.1 Å². The second-order valence-corrected chi connectivity index (χ2v) is 10.6. The van der Waals surface area contributed by atoms with Crippen LogP contribution in [-0.4, -0.2) is 11.7 Å². The summed E-state index contributed by atoms with van der Waals surface area (Å²) in [6.07, 6.45) is 0.287. The lowest BCUT2D eigenvalue weighted by Gasteiger charge is -2.36. The molecule has 0 radical (unpaired) electrons. The largest absolute Gasteiger partial charge is 0.369 e. The normalized spacial score (nSPS) is 13.2. The molecule has 0 saturated heterocycles. The van der Waals surface area contributed by atoms with Crippen molar-refractivity contribution in [2.24, 2.45) is 5.73 Å². The smallest absolute Gasteiger partial charge is 0.232 e. The summed E-state index contributed by atoms with van der Waals surface area (Å²) in [4.78, 5) is 28.0. The number of primary amides is 1. The highest BCUT2D eigenvalue weighted by Crippen LogP contribution is 2.42. The summed E-state index contributed by atoms with van der Waals surface area (Å²) < 4.78 is 0. The van der Waals surface area contributed by atoms with E-state index in [1.165, 1.54) is 0 Å². The topological polar surface area (TPSA) is 60.2 Å². The highest BCUT2D eigenvalue weighted by molar-refractivity contribution is 6.31. The average Bonchev–Trinajstić information content (AvgIpc) is 2.97. The van der Waals surface area contributed by atoms with E-state index < -0.39 is 17.2 Å². The third-order valence-corrected chi connectivity index (χ3v) is 7.73. The van der Waals surface area contributed by atoms with Gasteiger partial charge in [0.05, 0.1) is 5.41 Å². The summed E-state index contributed by atoms with van der Waals surface area (Å²) in [6, 6.07) is 41.7. The Morgan fingerprint density at radius 1 is 0.625 bits per heavy atom. The zero-order chi connectivity index (χ0) is 28.1. The zero-order valence-corrected chi connectivity index (χ0v) is 23.1. The van der Waals surface area contributed by atoms with Gasteiger partial charge < -0.3 is 5.73 Å². The van der Waals surface area contributed by atoms with Crippen LogP contribution in [0.3, 0.4) is 0 Å². The molecule has 5 aromatic rings. The third kappa shape index (κ3) is 5.58. The van der Waals surface area contributed by atoms with Crippen molar-refractivity contribution in [1.29, 1.82) is 0 Å². The van der Waals surface area contributed by atoms with Crippen molar-refractivity contribution in [3.8, 4) is 11.1 Å². The predicted molar refractivity (Wildman–Crippen MR) is 163 cm³/mol. The van der Waals surface area contributed by atoms with E-state index in [-0.39, 0.29) is 12.2 Å². The molecular formula is C35H27Cl2NO2. The first-order valence-electron chi connectivity index (χ1n) is 12.9. The predicted octanol–water partition coefficient (Wildman–Crippen LogP) is 8.03. The summed E-state index contributed by atoms with van der Waals surface area (Å²) >= 11 is 12.8. The van der Waals surface area contributed by atoms with Gasteiger partial charge in [-0.25, -0.2) is 0 Å². The Morgan fingerprint density at radius 3 is 1.77 bits per heavy atom. The number of halogens is 2. The van der Waals surface area contributed by atoms with Crippen LogP contribution < -0.4 is 5.73 Å². The number of ketones is 1. The number of hydrogen-bond acceptors (Lipinski definition) is 2. The molecule has 1 amide bonds. The van der Waals surface area contributed by atoms with Crippen molar-refractivity contribution in [3.63, 3.8) is 0 Å². The summed E-state index contributed by atoms with van der Waals surface area (Å²) in [5.41, 5.74) is 9.63. The van der Waals surface area contributed by atoms with Crippen LogP contribution >= 0.6 is 23.2 Å². The van der Waals surface area contributed by atoms with Gasteiger partial charge in [-0.05, 0) is 64.1 Å². The summed E-state index contributed by atoms with van der Waals surface area (Å²) in [6.45, 7) is 0. The van der Waals surface area contributed by atoms with E-state index >= 15 is 0 Å². The molecule has 2 atom stereocenters. The molecular weight excluding hydrogens is 537 g/mol. The molecule has 2 N–H and O–H groups in total. The molecule has 0 heterocycles. The van der Waals surface area contributed by atoms with Gasteiger partial charge >= 0.3 is 0 Å². The molecule has 0 aliphatic rings. The lowest BCUT2D eigenvalue weighted by Crippen LogP contribution is -2.46. The fraction of sp³-hybridized carbons (Fsp3) is 0.0857. The fourth-order valence-corrected chi connectivity index (χ4v) is 5.74. The molecule has 0 fully saturated rings. The number of nitrogens with two attached hydrogens (primary N) is 1. The number of amides is 1. The van der Waals surface area contributed by atoms with Crippen molar-refractivity contribution in [2.75, 3.05) is 0 Å². The van der Waals surface area contributed by atoms with Crippen LogP contribution in [0.25, 0.3) is 11.1 Å². The van der Waals surface area contributed by atoms with Gasteiger partial charge in [-0.2, -0.15) is 0 Å². The Bertz CT molecular complexity index is 1640. The van der Waals surface area contributed by atoms with E-state index in [0.29, 0.717) is 21.2 Å². The molecule has 5 rings (SSSR count). The van der Waals surface area contributed by atoms with E-state index in [9.17, 15) is 9.59 Å². The second-order valence-electron chi connectivity index (χ2n) is 9.78. The molecule has 3 nitrogen and oxygen atoms in total. The Kier molecular flexibility index (Phi) is 8.16. The number of hydrogen-bond donors (Lipinski definition) is 1. The van der Waals surface area contributed by atoms with E-state index in [0.717, 1.165) is 22.3 Å². The molecule has 2 unspecified atom stereocenters. The van der Waals surface area contributed by atoms with Gasteiger partial charge in [0.2, 0.25) is 5.91 Å². The molecule has 0 aromatic heterocycles. The quantitative estimate of drug-likeness (QED) is 0.184. The number of carbonyl (C=O) groups excluding carboxylic acids is 2. The van der Waals surface area contributed by atoms with Crippen LogP contribution in [0.2, 0.25) is 10.0 Å². The molecule has 0 aliphatic heterocycles. The van der Waals surface area contributed by atoms with Crippen molar-refractivity contribution in [1.82, 2.24) is 0 Å². The van der Waals surface area contributed by atoms with Crippen LogP contribution in [0.1, 0.15) is 28.2 Å². The summed E-state index contributed by atoms with van der Waals surface area (Å²) in [5.74, 6) is -2.32. The number of benzene rings is 5. The lowest BCUT2D eigenvalue weighted by molar-refractivity contribution is -0.131. The van der Waals surface area contributed by atoms with Crippen molar-refractivity contribution in [2.45, 2.75) is 17.8 Å². The Labute approximate surface area is 244 Å². The Balaban J connectivity index is 1.71. The van der Waals surface area contributed by atoms with Crippen LogP contribution in [0.4, 0.5) is 0 Å². The van der Waals surface area contributed by atoms with Crippen molar-refractivity contribution in [3.05, 3.63) is 166 Å². The van der Waals surface area contributed by atoms with Gasteiger partial charge in [0.25, 0.3) is 0 Å². The molecule has 0 saturated carbocycles. The van der Waals surface area contributed by atoms with E-state index in [1.807, 2.05) is 84.9 Å². The van der Waals surface area contributed by atoms with Crippen LogP contribution in [0, 0.1) is 0 Å². The number of Topliss-reactive ketones (excluding diaryl/α,β-unsaturated/α-hetero) is 1. The minimum absolute atomic E-state index is 0.287. The van der Waals surface area contributed by atoms with Crippen molar-refractivity contribution >= 4 is 34.9 Å². The maximum atomic E-state index is 14.9. The van der Waals surface area contributed by atoms with E-state index in [1.54, 1.807) is 36.4 Å². The first-order valence-corrected chi connectivity index (χ1v) is 13.7. The zero-order valence-electron chi connectivity index (χ0n) is 21.6. The van der Waals surface area contributed by atoms with Gasteiger partial charge in [-0.1, -0.05) is 132 Å². The summed E-state index contributed by atoms with van der Waals surface area (Å²) in [7, 11) is 0. The third-order valence-electron chi connectivity index (χ3n) is 7.26. The maximum absolute atomic E-state index is 14.9. The molecule has 5 aromatic carbocycles. The molecule has 198 valence electrons. The monoisotopic (exact) mass is 563 g/mol. The molecule has 0 aliphatic carbocycles. The van der Waals surface area contributed by atoms with Crippen LogP contribution in [-0.2, 0) is 21.4 Å². The SMILES string of the molecule is NC(=O)C(C(=O)C(Cc1ccc(-c2ccccc2)cc1)(c1ccccc1)c1cccc(Cl)c1)c1cccc(Cl)c1. The van der Waals surface area contributed by atoms with Crippen LogP contribution in [0.5, 0.6) is 0 Å². The minimum Gasteiger partial charge on any atom is -0.369 e. The van der Waals surface area contributed by atoms with Gasteiger partial charge in [0.1, 0.15) is 5.92 Å². The van der Waals surface area contributed by atoms with Gasteiger partial charge in [0, 0.05) is 10.0 Å². The van der Waals surface area contributed by atoms with Gasteiger partial charge in [-0.3, -0.25) is 9.59 Å². The first-order chi connectivity index (χ1) is 19.4. The molecule has 0 spiro atoms. The standard InChI is InChI=1S/C35H27Cl2NO2/c36-30-15-7-11-27(21-30)32(34(38)40)33(39)35(28-12-5-2-6-13-28,29-14-8-16-31(37)22-29)23-24-17-19-26(20-18-24)25-9-3-1-4-10-25/h1-22,32H,23H2,(H2,38,40). The minimum atomic E-state index is -1.28. The highest BCUT2D eigenvalue weighted by atomic mass is 35.5. The number of carbonyl (C=O) groups is 2. The molecule has 0 bridgehead atoms. The summed E-state index contributed by atoms with van der Waals surface area (Å²) in [5, 5.41) is 0.907.